The minimum atomic E-state index is -0.0441. The number of nitrogens with two attached hydrogens (primary N) is 1. The maximum absolute atomic E-state index is 12.5. The van der Waals surface area contributed by atoms with Crippen molar-refractivity contribution in [2.24, 2.45) is 11.3 Å². The number of aromatic amines is 1. The van der Waals surface area contributed by atoms with Crippen molar-refractivity contribution in [3.05, 3.63) is 11.4 Å². The highest BCUT2D eigenvalue weighted by molar-refractivity contribution is 5.97. The van der Waals surface area contributed by atoms with Gasteiger partial charge in [0.25, 0.3) is 5.91 Å². The predicted octanol–water partition coefficient (Wildman–Crippen LogP) is 2.62. The summed E-state index contributed by atoms with van der Waals surface area (Å²) in [7, 11) is 0. The van der Waals surface area contributed by atoms with E-state index in [0.29, 0.717) is 17.3 Å². The first-order valence-electron chi connectivity index (χ1n) is 7.34. The zero-order valence-corrected chi connectivity index (χ0v) is 13.2. The third-order valence-electron chi connectivity index (χ3n) is 4.31. The molecule has 1 aromatic rings. The van der Waals surface area contributed by atoms with Crippen molar-refractivity contribution >= 4 is 11.6 Å². The Kier molecular flexibility index (Phi) is 3.80. The van der Waals surface area contributed by atoms with Gasteiger partial charge >= 0.3 is 0 Å². The van der Waals surface area contributed by atoms with Gasteiger partial charge < -0.3 is 10.6 Å². The van der Waals surface area contributed by atoms with Crippen LogP contribution in [-0.4, -0.2) is 34.1 Å². The van der Waals surface area contributed by atoms with Crippen molar-refractivity contribution in [3.8, 4) is 0 Å². The summed E-state index contributed by atoms with van der Waals surface area (Å²) in [6.45, 7) is 12.3. The molecule has 2 rings (SSSR count). The number of hydrogen-bond acceptors (Lipinski definition) is 3. The number of carbonyl (C=O) groups excluding carboxylic acids is 1. The second-order valence-corrected chi connectivity index (χ2v) is 7.16. The largest absolute Gasteiger partial charge is 0.395 e. The molecule has 20 heavy (non-hydrogen) atoms. The Morgan fingerprint density at radius 2 is 2.10 bits per heavy atom. The Balaban J connectivity index is 2.14. The van der Waals surface area contributed by atoms with Crippen molar-refractivity contribution < 1.29 is 4.79 Å². The zero-order chi connectivity index (χ0) is 15.1. The molecule has 1 aromatic heterocycles. The van der Waals surface area contributed by atoms with Gasteiger partial charge in [-0.2, -0.15) is 5.10 Å². The van der Waals surface area contributed by atoms with Crippen LogP contribution in [0.2, 0.25) is 0 Å². The van der Waals surface area contributed by atoms with E-state index in [0.717, 1.165) is 25.2 Å². The summed E-state index contributed by atoms with van der Waals surface area (Å²) in [6.07, 6.45) is 1.05. The molecule has 1 unspecified atom stereocenters. The Morgan fingerprint density at radius 1 is 1.45 bits per heavy atom. The number of amides is 1. The standard InChI is InChI=1S/C15H26N4O/c1-9(2)12-11(16)13(18-17-12)14(20)19-7-6-10(8-19)15(3,4)5/h9-10H,6-8,16H2,1-5H3,(H,17,18). The van der Waals surface area contributed by atoms with Crippen LogP contribution in [0.15, 0.2) is 0 Å². The van der Waals surface area contributed by atoms with E-state index in [1.807, 2.05) is 18.7 Å². The Morgan fingerprint density at radius 3 is 2.55 bits per heavy atom. The molecule has 3 N–H and O–H groups in total. The average molecular weight is 278 g/mol. The molecular weight excluding hydrogens is 252 g/mol. The van der Waals surface area contributed by atoms with Crippen molar-refractivity contribution in [2.75, 3.05) is 18.8 Å². The number of H-pyrrole nitrogens is 1. The van der Waals surface area contributed by atoms with Crippen LogP contribution < -0.4 is 5.73 Å². The molecule has 1 saturated heterocycles. The highest BCUT2D eigenvalue weighted by Gasteiger charge is 2.35. The molecule has 5 heteroatoms. The van der Waals surface area contributed by atoms with E-state index in [1.165, 1.54) is 0 Å². The van der Waals surface area contributed by atoms with Gasteiger partial charge in [0.2, 0.25) is 0 Å². The van der Waals surface area contributed by atoms with Gasteiger partial charge in [-0.15, -0.1) is 0 Å². The van der Waals surface area contributed by atoms with Gasteiger partial charge in [-0.3, -0.25) is 9.89 Å². The smallest absolute Gasteiger partial charge is 0.276 e. The van der Waals surface area contributed by atoms with Gasteiger partial charge in [0.05, 0.1) is 11.4 Å². The van der Waals surface area contributed by atoms with Crippen LogP contribution in [-0.2, 0) is 0 Å². The van der Waals surface area contributed by atoms with Crippen LogP contribution in [0.5, 0.6) is 0 Å². The van der Waals surface area contributed by atoms with Crippen LogP contribution in [0.3, 0.4) is 0 Å². The topological polar surface area (TPSA) is 75.0 Å². The van der Waals surface area contributed by atoms with E-state index in [-0.39, 0.29) is 17.2 Å². The molecule has 0 aliphatic carbocycles. The lowest BCUT2D eigenvalue weighted by atomic mass is 9.80. The number of aromatic nitrogens is 2. The van der Waals surface area contributed by atoms with E-state index in [4.69, 9.17) is 5.73 Å². The zero-order valence-electron chi connectivity index (χ0n) is 13.2. The summed E-state index contributed by atoms with van der Waals surface area (Å²) in [5.74, 6) is 0.735. The van der Waals surface area contributed by atoms with E-state index >= 15 is 0 Å². The molecule has 0 spiro atoms. The van der Waals surface area contributed by atoms with Crippen LogP contribution in [0.4, 0.5) is 5.69 Å². The van der Waals surface area contributed by atoms with Crippen LogP contribution in [0.25, 0.3) is 0 Å². The first-order valence-corrected chi connectivity index (χ1v) is 7.34. The highest BCUT2D eigenvalue weighted by atomic mass is 16.2. The summed E-state index contributed by atoms with van der Waals surface area (Å²) in [6, 6.07) is 0. The van der Waals surface area contributed by atoms with E-state index < -0.39 is 0 Å². The average Bonchev–Trinajstić information content (AvgIpc) is 2.93. The molecule has 0 saturated carbocycles. The van der Waals surface area contributed by atoms with Crippen LogP contribution >= 0.6 is 0 Å². The first-order chi connectivity index (χ1) is 9.21. The van der Waals surface area contributed by atoms with Gasteiger partial charge in [0.15, 0.2) is 5.69 Å². The lowest BCUT2D eigenvalue weighted by molar-refractivity contribution is 0.0772. The summed E-state index contributed by atoms with van der Waals surface area (Å²) < 4.78 is 0. The number of hydrogen-bond donors (Lipinski definition) is 2. The molecule has 0 radical (unpaired) electrons. The van der Waals surface area contributed by atoms with E-state index in [2.05, 4.69) is 31.0 Å². The molecule has 1 fully saturated rings. The molecule has 5 nitrogen and oxygen atoms in total. The van der Waals surface area contributed by atoms with Crippen molar-refractivity contribution in [1.29, 1.82) is 0 Å². The fourth-order valence-electron chi connectivity index (χ4n) is 2.77. The number of anilines is 1. The summed E-state index contributed by atoms with van der Waals surface area (Å²) >= 11 is 0. The van der Waals surface area contributed by atoms with Gasteiger partial charge in [0.1, 0.15) is 0 Å². The van der Waals surface area contributed by atoms with E-state index in [1.54, 1.807) is 0 Å². The van der Waals surface area contributed by atoms with Gasteiger partial charge in [-0.25, -0.2) is 0 Å². The fraction of sp³-hybridized carbons (Fsp3) is 0.733. The minimum Gasteiger partial charge on any atom is -0.395 e. The Bertz CT molecular complexity index is 498. The number of carbonyl (C=O) groups is 1. The van der Waals surface area contributed by atoms with Crippen molar-refractivity contribution in [2.45, 2.75) is 47.0 Å². The predicted molar refractivity (Wildman–Crippen MR) is 80.6 cm³/mol. The molecule has 0 bridgehead atoms. The van der Waals surface area contributed by atoms with Crippen molar-refractivity contribution in [3.63, 3.8) is 0 Å². The van der Waals surface area contributed by atoms with Crippen LogP contribution in [0.1, 0.15) is 63.1 Å². The molecule has 112 valence electrons. The minimum absolute atomic E-state index is 0.0441. The molecule has 1 amide bonds. The second-order valence-electron chi connectivity index (χ2n) is 7.16. The van der Waals surface area contributed by atoms with E-state index in [9.17, 15) is 4.79 Å². The third-order valence-corrected chi connectivity index (χ3v) is 4.31. The second kappa shape index (κ2) is 5.11. The summed E-state index contributed by atoms with van der Waals surface area (Å²) in [5, 5.41) is 7.02. The Hall–Kier alpha value is -1.52. The quantitative estimate of drug-likeness (QED) is 0.873. The lowest BCUT2D eigenvalue weighted by Crippen LogP contribution is -2.31. The number of nitrogen functional groups attached to an aromatic ring is 1. The van der Waals surface area contributed by atoms with Gasteiger partial charge in [0, 0.05) is 13.1 Å². The maximum Gasteiger partial charge on any atom is 0.276 e. The molecule has 0 aromatic carbocycles. The number of nitrogens with one attached hydrogen (secondary N) is 1. The number of rotatable bonds is 2. The highest BCUT2D eigenvalue weighted by Crippen LogP contribution is 2.34. The summed E-state index contributed by atoms with van der Waals surface area (Å²) in [4.78, 5) is 14.4. The maximum atomic E-state index is 12.5. The SMILES string of the molecule is CC(C)c1[nH]nc(C(=O)N2CCC(C(C)(C)C)C2)c1N. The van der Waals surface area contributed by atoms with Gasteiger partial charge in [-0.1, -0.05) is 34.6 Å². The molecule has 1 aliphatic heterocycles. The number of nitrogens with zero attached hydrogens (tertiary/aromatic N) is 2. The molecule has 2 heterocycles. The lowest BCUT2D eigenvalue weighted by Gasteiger charge is -2.26. The van der Waals surface area contributed by atoms with Crippen molar-refractivity contribution in [1.82, 2.24) is 15.1 Å². The number of likely N-dealkylation sites (tertiary alicyclic amines) is 1. The summed E-state index contributed by atoms with van der Waals surface area (Å²) in [5.41, 5.74) is 8.01. The fourth-order valence-corrected chi connectivity index (χ4v) is 2.77. The normalized spacial score (nSPS) is 19.9. The molecule has 1 atom stereocenters. The molecule has 1 aliphatic rings. The Labute approximate surface area is 120 Å². The third kappa shape index (κ3) is 2.67. The van der Waals surface area contributed by atoms with Gasteiger partial charge in [-0.05, 0) is 23.7 Å². The molecular formula is C15H26N4O. The monoisotopic (exact) mass is 278 g/mol. The van der Waals surface area contributed by atoms with Crippen LogP contribution in [0, 0.1) is 11.3 Å². The first kappa shape index (κ1) is 14.9.